The van der Waals surface area contributed by atoms with Gasteiger partial charge in [-0.2, -0.15) is 0 Å². The van der Waals surface area contributed by atoms with Crippen LogP contribution in [0.2, 0.25) is 0 Å². The number of imidazole rings is 1. The Labute approximate surface area is 177 Å². The Morgan fingerprint density at radius 2 is 2.00 bits per heavy atom. The van der Waals surface area contributed by atoms with Crippen molar-refractivity contribution in [2.75, 3.05) is 32.8 Å². The van der Waals surface area contributed by atoms with Crippen LogP contribution in [0.4, 0.5) is 0 Å². The molecule has 5 heterocycles. The van der Waals surface area contributed by atoms with Crippen LogP contribution in [0.5, 0.6) is 0 Å². The van der Waals surface area contributed by atoms with Gasteiger partial charge >= 0.3 is 0 Å². The van der Waals surface area contributed by atoms with Crippen LogP contribution in [-0.4, -0.2) is 63.5 Å². The van der Waals surface area contributed by atoms with Crippen molar-refractivity contribution in [3.8, 4) is 0 Å². The summed E-state index contributed by atoms with van der Waals surface area (Å²) in [6, 6.07) is 4.47. The van der Waals surface area contributed by atoms with Crippen LogP contribution >= 0.6 is 0 Å². The standard InChI is InChI=1S/C23H31N5O2/c29-23(19-6-12-30-13-7-19)27-9-3-18(4-10-27)22-21-20(25-16-26-21)5-11-28(22)15-17-2-1-8-24-14-17/h1-2,8,14,16,18-19,22H,3-7,9-13,15H2,(H,25,26). The van der Waals surface area contributed by atoms with Gasteiger partial charge in [0.1, 0.15) is 0 Å². The average molecular weight is 410 g/mol. The zero-order valence-electron chi connectivity index (χ0n) is 17.5. The number of aromatic amines is 1. The van der Waals surface area contributed by atoms with Crippen LogP contribution in [0.1, 0.15) is 48.7 Å². The van der Waals surface area contributed by atoms with Gasteiger partial charge in [0.2, 0.25) is 5.91 Å². The highest BCUT2D eigenvalue weighted by atomic mass is 16.5. The van der Waals surface area contributed by atoms with Gasteiger partial charge < -0.3 is 14.6 Å². The van der Waals surface area contributed by atoms with Crippen molar-refractivity contribution in [1.82, 2.24) is 24.8 Å². The van der Waals surface area contributed by atoms with Gasteiger partial charge in [0.15, 0.2) is 0 Å². The number of nitrogens with zero attached hydrogens (tertiary/aromatic N) is 4. The fourth-order valence-corrected chi connectivity index (χ4v) is 5.42. The average Bonchev–Trinajstić information content (AvgIpc) is 3.29. The highest BCUT2D eigenvalue weighted by Crippen LogP contribution is 2.39. The third kappa shape index (κ3) is 4.01. The summed E-state index contributed by atoms with van der Waals surface area (Å²) < 4.78 is 5.43. The van der Waals surface area contributed by atoms with E-state index in [9.17, 15) is 4.79 Å². The monoisotopic (exact) mass is 409 g/mol. The maximum atomic E-state index is 12.9. The molecule has 0 aliphatic carbocycles. The van der Waals surface area contributed by atoms with E-state index in [4.69, 9.17) is 9.72 Å². The van der Waals surface area contributed by atoms with Crippen molar-refractivity contribution in [1.29, 1.82) is 0 Å². The van der Waals surface area contributed by atoms with Gasteiger partial charge in [-0.1, -0.05) is 6.07 Å². The molecule has 3 aliphatic rings. The number of piperidine rings is 1. The van der Waals surface area contributed by atoms with Crippen molar-refractivity contribution in [3.63, 3.8) is 0 Å². The molecule has 2 fully saturated rings. The molecule has 7 nitrogen and oxygen atoms in total. The first-order chi connectivity index (χ1) is 14.8. The van der Waals surface area contributed by atoms with Crippen LogP contribution in [-0.2, 0) is 22.5 Å². The molecule has 1 amide bonds. The smallest absolute Gasteiger partial charge is 0.225 e. The largest absolute Gasteiger partial charge is 0.381 e. The molecule has 2 aromatic rings. The van der Waals surface area contributed by atoms with Gasteiger partial charge in [-0.15, -0.1) is 0 Å². The summed E-state index contributed by atoms with van der Waals surface area (Å²) in [4.78, 5) is 30.0. The SMILES string of the molecule is O=C(C1CCOCC1)N1CCC(C2c3nc[nH]c3CCN2Cc2cccnc2)CC1. The molecule has 0 bridgehead atoms. The molecule has 1 unspecified atom stereocenters. The van der Waals surface area contributed by atoms with E-state index < -0.39 is 0 Å². The molecule has 1 atom stereocenters. The third-order valence-electron chi connectivity index (χ3n) is 7.05. The summed E-state index contributed by atoms with van der Waals surface area (Å²) in [5.41, 5.74) is 3.73. The molecule has 3 aliphatic heterocycles. The maximum Gasteiger partial charge on any atom is 0.225 e. The van der Waals surface area contributed by atoms with E-state index in [0.29, 0.717) is 17.9 Å². The molecule has 160 valence electrons. The number of rotatable bonds is 4. The number of amides is 1. The number of carbonyl (C=O) groups is 1. The van der Waals surface area contributed by atoms with Crippen molar-refractivity contribution in [3.05, 3.63) is 47.8 Å². The quantitative estimate of drug-likeness (QED) is 0.840. The summed E-state index contributed by atoms with van der Waals surface area (Å²) in [6.45, 7) is 5.08. The number of ether oxygens (including phenoxy) is 1. The van der Waals surface area contributed by atoms with E-state index in [1.165, 1.54) is 17.0 Å². The lowest BCUT2D eigenvalue weighted by Gasteiger charge is -2.43. The molecular formula is C23H31N5O2. The molecule has 5 rings (SSSR count). The Morgan fingerprint density at radius 3 is 2.77 bits per heavy atom. The first kappa shape index (κ1) is 19.7. The Bertz CT molecular complexity index is 840. The van der Waals surface area contributed by atoms with E-state index in [0.717, 1.165) is 71.5 Å². The predicted molar refractivity (Wildman–Crippen MR) is 113 cm³/mol. The molecule has 0 radical (unpaired) electrons. The Kier molecular flexibility index (Phi) is 5.82. The van der Waals surface area contributed by atoms with Crippen LogP contribution in [0.15, 0.2) is 30.9 Å². The molecule has 30 heavy (non-hydrogen) atoms. The van der Waals surface area contributed by atoms with E-state index in [1.807, 2.05) is 24.8 Å². The number of fused-ring (bicyclic) bond motifs is 1. The van der Waals surface area contributed by atoms with Crippen LogP contribution in [0, 0.1) is 11.8 Å². The summed E-state index contributed by atoms with van der Waals surface area (Å²) in [5, 5.41) is 0. The van der Waals surface area contributed by atoms with E-state index in [1.54, 1.807) is 0 Å². The summed E-state index contributed by atoms with van der Waals surface area (Å²) in [5.74, 6) is 1.01. The van der Waals surface area contributed by atoms with Gasteiger partial charge in [-0.05, 0) is 43.2 Å². The second-order valence-electron chi connectivity index (χ2n) is 8.84. The Morgan fingerprint density at radius 1 is 1.17 bits per heavy atom. The molecule has 0 aromatic carbocycles. The number of pyridine rings is 1. The lowest BCUT2D eigenvalue weighted by molar-refractivity contribution is -0.140. The highest BCUT2D eigenvalue weighted by Gasteiger charge is 2.38. The molecule has 2 aromatic heterocycles. The number of likely N-dealkylation sites (tertiary alicyclic amines) is 1. The summed E-state index contributed by atoms with van der Waals surface area (Å²) in [7, 11) is 0. The highest BCUT2D eigenvalue weighted by molar-refractivity contribution is 5.79. The second kappa shape index (κ2) is 8.86. The van der Waals surface area contributed by atoms with Gasteiger partial charge in [-0.25, -0.2) is 4.98 Å². The summed E-state index contributed by atoms with van der Waals surface area (Å²) in [6.07, 6.45) is 10.5. The number of carbonyl (C=O) groups excluding carboxylic acids is 1. The minimum absolute atomic E-state index is 0.157. The topological polar surface area (TPSA) is 74.3 Å². The molecule has 7 heteroatoms. The van der Waals surface area contributed by atoms with E-state index >= 15 is 0 Å². The lowest BCUT2D eigenvalue weighted by atomic mass is 9.83. The second-order valence-corrected chi connectivity index (χ2v) is 8.84. The fourth-order valence-electron chi connectivity index (χ4n) is 5.42. The lowest BCUT2D eigenvalue weighted by Crippen LogP contribution is -2.47. The maximum absolute atomic E-state index is 12.9. The zero-order chi connectivity index (χ0) is 20.3. The number of hydrogen-bond donors (Lipinski definition) is 1. The predicted octanol–water partition coefficient (Wildman–Crippen LogP) is 2.57. The first-order valence-electron chi connectivity index (χ1n) is 11.3. The zero-order valence-corrected chi connectivity index (χ0v) is 17.5. The Hall–Kier alpha value is -2.25. The number of nitrogens with one attached hydrogen (secondary N) is 1. The van der Waals surface area contributed by atoms with Crippen LogP contribution < -0.4 is 0 Å². The molecule has 0 saturated carbocycles. The fraction of sp³-hybridized carbons (Fsp3) is 0.609. The minimum Gasteiger partial charge on any atom is -0.381 e. The van der Waals surface area contributed by atoms with E-state index in [-0.39, 0.29) is 5.92 Å². The van der Waals surface area contributed by atoms with Crippen molar-refractivity contribution >= 4 is 5.91 Å². The first-order valence-corrected chi connectivity index (χ1v) is 11.3. The molecule has 2 saturated heterocycles. The van der Waals surface area contributed by atoms with E-state index in [2.05, 4.69) is 25.8 Å². The van der Waals surface area contributed by atoms with Gasteiger partial charge in [0, 0.05) is 69.8 Å². The number of hydrogen-bond acceptors (Lipinski definition) is 5. The van der Waals surface area contributed by atoms with Gasteiger partial charge in [-0.3, -0.25) is 14.7 Å². The minimum atomic E-state index is 0.157. The van der Waals surface area contributed by atoms with Crippen molar-refractivity contribution in [2.24, 2.45) is 11.8 Å². The van der Waals surface area contributed by atoms with Crippen LogP contribution in [0.3, 0.4) is 0 Å². The normalized spacial score (nSPS) is 24.0. The number of aromatic nitrogens is 3. The molecular weight excluding hydrogens is 378 g/mol. The third-order valence-corrected chi connectivity index (χ3v) is 7.05. The van der Waals surface area contributed by atoms with Crippen molar-refractivity contribution < 1.29 is 9.53 Å². The van der Waals surface area contributed by atoms with Crippen molar-refractivity contribution in [2.45, 2.75) is 44.7 Å². The van der Waals surface area contributed by atoms with Gasteiger partial charge in [0.05, 0.1) is 18.1 Å². The summed E-state index contributed by atoms with van der Waals surface area (Å²) >= 11 is 0. The number of H-pyrrole nitrogens is 1. The molecule has 1 N–H and O–H groups in total. The Balaban J connectivity index is 1.28. The van der Waals surface area contributed by atoms with Crippen LogP contribution in [0.25, 0.3) is 0 Å². The van der Waals surface area contributed by atoms with Gasteiger partial charge in [0.25, 0.3) is 0 Å². The molecule has 0 spiro atoms.